The van der Waals surface area contributed by atoms with Gasteiger partial charge in [-0.2, -0.15) is 0 Å². The number of nitrogens with zero attached hydrogens (tertiary/aromatic N) is 2. The van der Waals surface area contributed by atoms with E-state index in [1.54, 1.807) is 0 Å². The van der Waals surface area contributed by atoms with Crippen LogP contribution in [0.1, 0.15) is 50.1 Å². The smallest absolute Gasteiger partial charge is 0.255 e. The van der Waals surface area contributed by atoms with E-state index < -0.39 is 5.54 Å². The Morgan fingerprint density at radius 1 is 0.727 bits per heavy atom. The molecule has 22 heavy (non-hydrogen) atoms. The molecule has 0 saturated carbocycles. The van der Waals surface area contributed by atoms with Gasteiger partial charge in [-0.1, -0.05) is 0 Å². The van der Waals surface area contributed by atoms with Gasteiger partial charge in [-0.25, -0.2) is 0 Å². The van der Waals surface area contributed by atoms with Crippen LogP contribution in [-0.4, -0.2) is 9.13 Å². The van der Waals surface area contributed by atoms with Crippen molar-refractivity contribution in [2.75, 3.05) is 0 Å². The zero-order valence-corrected chi connectivity index (χ0v) is 14.7. The molecule has 0 saturated heterocycles. The number of hydrogen-bond donors (Lipinski definition) is 0. The number of aryl methyl sites for hydroxylation is 1. The molecule has 3 rings (SSSR count). The molecule has 2 aromatic heterocycles. The van der Waals surface area contributed by atoms with Crippen LogP contribution in [0.4, 0.5) is 0 Å². The van der Waals surface area contributed by atoms with Crippen molar-refractivity contribution in [3.05, 3.63) is 43.0 Å². The Morgan fingerprint density at radius 3 is 1.77 bits per heavy atom. The molecule has 0 aromatic carbocycles. The molecule has 3 heterocycles. The Kier molecular flexibility index (Phi) is 2.68. The summed E-state index contributed by atoms with van der Waals surface area (Å²) in [5.41, 5.74) is 3.34. The van der Waals surface area contributed by atoms with E-state index in [-0.39, 0.29) is 16.5 Å². The molecule has 4 nitrogen and oxygen atoms in total. The lowest BCUT2D eigenvalue weighted by Gasteiger charge is -2.38. The molecule has 0 N–H and O–H groups in total. The highest BCUT2D eigenvalue weighted by Gasteiger charge is 2.49. The maximum Gasteiger partial charge on any atom is 0.255 e. The molecule has 2 aromatic rings. The van der Waals surface area contributed by atoms with Crippen molar-refractivity contribution in [3.63, 3.8) is 0 Å². The molecule has 4 heteroatoms. The lowest BCUT2D eigenvalue weighted by atomic mass is 9.83. The SMILES string of the molecule is Cc1c(C)n2c3c(c(C)c(C)c(=O)n3C(C)(C)C2(C)C)c1=O. The van der Waals surface area contributed by atoms with Crippen LogP contribution < -0.4 is 11.0 Å². The largest absolute Gasteiger partial charge is 0.323 e. The molecule has 0 unspecified atom stereocenters. The highest BCUT2D eigenvalue weighted by Crippen LogP contribution is 2.44. The van der Waals surface area contributed by atoms with Crippen LogP contribution in [0, 0.1) is 27.7 Å². The van der Waals surface area contributed by atoms with Gasteiger partial charge in [-0.15, -0.1) is 0 Å². The zero-order chi connectivity index (χ0) is 16.8. The van der Waals surface area contributed by atoms with Crippen molar-refractivity contribution >= 4 is 11.0 Å². The molecule has 0 atom stereocenters. The van der Waals surface area contributed by atoms with Crippen molar-refractivity contribution in [2.45, 2.75) is 66.5 Å². The van der Waals surface area contributed by atoms with Crippen molar-refractivity contribution in [1.82, 2.24) is 9.13 Å². The van der Waals surface area contributed by atoms with Gasteiger partial charge in [0, 0.05) is 16.8 Å². The van der Waals surface area contributed by atoms with E-state index in [9.17, 15) is 9.59 Å². The van der Waals surface area contributed by atoms with Crippen molar-refractivity contribution in [3.8, 4) is 0 Å². The Balaban J connectivity index is 2.84. The molecule has 0 aliphatic carbocycles. The molecule has 1 aliphatic rings. The molecule has 1 aliphatic heterocycles. The molecule has 0 fully saturated rings. The van der Waals surface area contributed by atoms with Gasteiger partial charge in [0.05, 0.1) is 16.5 Å². The second kappa shape index (κ2) is 3.92. The molecule has 0 amide bonds. The van der Waals surface area contributed by atoms with E-state index in [4.69, 9.17) is 0 Å². The Hall–Kier alpha value is -1.84. The first-order valence-electron chi connectivity index (χ1n) is 7.75. The van der Waals surface area contributed by atoms with E-state index in [1.165, 1.54) is 0 Å². The van der Waals surface area contributed by atoms with Crippen LogP contribution in [0.15, 0.2) is 9.59 Å². The normalized spacial score (nSPS) is 18.2. The fourth-order valence-corrected chi connectivity index (χ4v) is 3.80. The first kappa shape index (κ1) is 15.1. The van der Waals surface area contributed by atoms with Gasteiger partial charge < -0.3 is 4.57 Å². The summed E-state index contributed by atoms with van der Waals surface area (Å²) in [4.78, 5) is 25.8. The fraction of sp³-hybridized carbons (Fsp3) is 0.556. The minimum Gasteiger partial charge on any atom is -0.323 e. The molecular formula is C18H24N2O2. The summed E-state index contributed by atoms with van der Waals surface area (Å²) in [5, 5.41) is 0.693. The van der Waals surface area contributed by atoms with Crippen LogP contribution in [0.3, 0.4) is 0 Å². The number of hydrogen-bond acceptors (Lipinski definition) is 2. The lowest BCUT2D eigenvalue weighted by Crippen LogP contribution is -2.47. The van der Waals surface area contributed by atoms with Crippen LogP contribution in [0.5, 0.6) is 0 Å². The summed E-state index contributed by atoms with van der Waals surface area (Å²) < 4.78 is 4.02. The van der Waals surface area contributed by atoms with E-state index >= 15 is 0 Å². The number of aromatic nitrogens is 2. The van der Waals surface area contributed by atoms with Crippen molar-refractivity contribution in [2.24, 2.45) is 0 Å². The molecule has 0 radical (unpaired) electrons. The average molecular weight is 300 g/mol. The minimum absolute atomic E-state index is 0.0111. The van der Waals surface area contributed by atoms with E-state index in [0.29, 0.717) is 10.9 Å². The van der Waals surface area contributed by atoms with Gasteiger partial charge in [0.2, 0.25) is 0 Å². The van der Waals surface area contributed by atoms with E-state index in [0.717, 1.165) is 22.5 Å². The Morgan fingerprint density at radius 2 is 1.23 bits per heavy atom. The van der Waals surface area contributed by atoms with Crippen LogP contribution in [0.25, 0.3) is 11.0 Å². The van der Waals surface area contributed by atoms with Crippen molar-refractivity contribution < 1.29 is 0 Å². The topological polar surface area (TPSA) is 44.0 Å². The lowest BCUT2D eigenvalue weighted by molar-refractivity contribution is 0.163. The van der Waals surface area contributed by atoms with Crippen LogP contribution in [-0.2, 0) is 11.1 Å². The summed E-state index contributed by atoms with van der Waals surface area (Å²) in [6, 6.07) is 0. The summed E-state index contributed by atoms with van der Waals surface area (Å²) in [7, 11) is 0. The fourth-order valence-electron chi connectivity index (χ4n) is 3.80. The quantitative estimate of drug-likeness (QED) is 0.751. The van der Waals surface area contributed by atoms with E-state index in [2.05, 4.69) is 32.3 Å². The maximum absolute atomic E-state index is 12.9. The Labute approximate surface area is 130 Å². The highest BCUT2D eigenvalue weighted by molar-refractivity contribution is 5.83. The monoisotopic (exact) mass is 300 g/mol. The average Bonchev–Trinajstić information content (AvgIpc) is 2.57. The second-order valence-corrected chi connectivity index (χ2v) is 7.58. The standard InChI is InChI=1S/C18H24N2O2/c1-9-10(2)16(22)20-15-13(9)14(21)11(3)12(4)19(15)17(5,6)18(20,7)8/h1-8H3. The number of rotatable bonds is 0. The predicted octanol–water partition coefficient (Wildman–Crippen LogP) is 2.88. The van der Waals surface area contributed by atoms with Crippen LogP contribution in [0.2, 0.25) is 0 Å². The third-order valence-electron chi connectivity index (χ3n) is 6.17. The maximum atomic E-state index is 12.9. The third kappa shape index (κ3) is 1.34. The van der Waals surface area contributed by atoms with Gasteiger partial charge in [0.15, 0.2) is 5.43 Å². The van der Waals surface area contributed by atoms with E-state index in [1.807, 2.05) is 32.3 Å². The van der Waals surface area contributed by atoms with Gasteiger partial charge in [0.25, 0.3) is 5.56 Å². The van der Waals surface area contributed by atoms with Gasteiger partial charge in [0.1, 0.15) is 5.65 Å². The molecule has 0 bridgehead atoms. The second-order valence-electron chi connectivity index (χ2n) is 7.58. The zero-order valence-electron chi connectivity index (χ0n) is 14.7. The molecular weight excluding hydrogens is 276 g/mol. The Bertz CT molecular complexity index is 956. The van der Waals surface area contributed by atoms with Crippen LogP contribution >= 0.6 is 0 Å². The van der Waals surface area contributed by atoms with Gasteiger partial charge >= 0.3 is 0 Å². The predicted molar refractivity (Wildman–Crippen MR) is 90.1 cm³/mol. The molecule has 0 spiro atoms. The van der Waals surface area contributed by atoms with Crippen molar-refractivity contribution in [1.29, 1.82) is 0 Å². The summed E-state index contributed by atoms with van der Waals surface area (Å²) in [5.74, 6) is 0. The highest BCUT2D eigenvalue weighted by atomic mass is 16.1. The first-order chi connectivity index (χ1) is 9.96. The number of pyridine rings is 2. The van der Waals surface area contributed by atoms with Gasteiger partial charge in [-0.3, -0.25) is 14.2 Å². The van der Waals surface area contributed by atoms with Gasteiger partial charge in [-0.05, 0) is 61.0 Å². The molecule has 118 valence electrons. The third-order valence-corrected chi connectivity index (χ3v) is 6.17. The first-order valence-corrected chi connectivity index (χ1v) is 7.75. The summed E-state index contributed by atoms with van der Waals surface area (Å²) >= 11 is 0. The summed E-state index contributed by atoms with van der Waals surface area (Å²) in [6.45, 7) is 16.0. The minimum atomic E-state index is -0.404. The summed E-state index contributed by atoms with van der Waals surface area (Å²) in [6.07, 6.45) is 0.